The van der Waals surface area contributed by atoms with E-state index in [1.54, 1.807) is 42.0 Å². The third-order valence-corrected chi connectivity index (χ3v) is 6.42. The molecule has 2 aromatic heterocycles. The smallest absolute Gasteiger partial charge is 0.255 e. The molecule has 1 amide bonds. The minimum Gasteiger partial charge on any atom is -0.502 e. The molecule has 0 saturated carbocycles. The molecule has 0 unspecified atom stereocenters. The molecule has 1 aromatic carbocycles. The number of hydrogen-bond donors (Lipinski definition) is 2. The highest BCUT2D eigenvalue weighted by molar-refractivity contribution is 7.16. The molecule has 1 aliphatic rings. The second-order valence-electron chi connectivity index (χ2n) is 7.19. The summed E-state index contributed by atoms with van der Waals surface area (Å²) in [6, 6.07) is 6.97. The van der Waals surface area contributed by atoms with Crippen LogP contribution in [0.2, 0.25) is 0 Å². The number of nitrogens with zero attached hydrogens (tertiary/aromatic N) is 1. The molecule has 7 nitrogen and oxygen atoms in total. The molecule has 0 fully saturated rings. The topological polar surface area (TPSA) is 93.3 Å². The van der Waals surface area contributed by atoms with Gasteiger partial charge in [0, 0.05) is 16.7 Å². The van der Waals surface area contributed by atoms with E-state index in [4.69, 9.17) is 13.9 Å². The Balaban J connectivity index is 1.65. The number of ether oxygens (including phenoxy) is 2. The van der Waals surface area contributed by atoms with Gasteiger partial charge in [-0.05, 0) is 55.5 Å². The van der Waals surface area contributed by atoms with E-state index in [0.29, 0.717) is 39.9 Å². The Labute approximate surface area is 184 Å². The zero-order valence-corrected chi connectivity index (χ0v) is 18.3. The number of amides is 1. The summed E-state index contributed by atoms with van der Waals surface area (Å²) >= 11 is 1.56. The van der Waals surface area contributed by atoms with Gasteiger partial charge in [0.1, 0.15) is 10.8 Å². The number of phenols is 1. The quantitative estimate of drug-likeness (QED) is 0.523. The van der Waals surface area contributed by atoms with Crippen molar-refractivity contribution >= 4 is 28.5 Å². The molecule has 2 heterocycles. The zero-order chi connectivity index (χ0) is 21.8. The Morgan fingerprint density at radius 1 is 1.26 bits per heavy atom. The average molecular weight is 441 g/mol. The highest BCUT2D eigenvalue weighted by Crippen LogP contribution is 2.40. The van der Waals surface area contributed by atoms with Gasteiger partial charge < -0.3 is 24.3 Å². The van der Waals surface area contributed by atoms with Crippen LogP contribution in [0.3, 0.4) is 0 Å². The van der Waals surface area contributed by atoms with Crippen LogP contribution in [-0.4, -0.2) is 31.4 Å². The van der Waals surface area contributed by atoms with E-state index in [1.807, 2.05) is 6.07 Å². The number of carbonyl (C=O) groups excluding carboxylic acids is 1. The van der Waals surface area contributed by atoms with Crippen molar-refractivity contribution in [2.75, 3.05) is 14.2 Å². The van der Waals surface area contributed by atoms with Crippen molar-refractivity contribution in [3.8, 4) is 17.2 Å². The van der Waals surface area contributed by atoms with Crippen LogP contribution in [0.4, 0.5) is 5.00 Å². The summed E-state index contributed by atoms with van der Waals surface area (Å²) in [5.74, 6) is 1.08. The lowest BCUT2D eigenvalue weighted by Crippen LogP contribution is -2.23. The predicted molar refractivity (Wildman–Crippen MR) is 119 cm³/mol. The van der Waals surface area contributed by atoms with Gasteiger partial charge in [-0.2, -0.15) is 0 Å². The molecule has 0 atom stereocenters. The monoisotopic (exact) mass is 440 g/mol. The van der Waals surface area contributed by atoms with Crippen molar-refractivity contribution in [3.05, 3.63) is 57.9 Å². The Kier molecular flexibility index (Phi) is 6.27. The van der Waals surface area contributed by atoms with E-state index >= 15 is 0 Å². The molecule has 1 aliphatic carbocycles. The Bertz CT molecular complexity index is 1080. The molecule has 162 valence electrons. The van der Waals surface area contributed by atoms with Crippen LogP contribution in [0.25, 0.3) is 0 Å². The number of carbonyl (C=O) groups is 1. The molecule has 2 N–H and O–H groups in total. The van der Waals surface area contributed by atoms with Crippen molar-refractivity contribution in [2.24, 2.45) is 4.99 Å². The van der Waals surface area contributed by atoms with Crippen molar-refractivity contribution in [2.45, 2.75) is 32.2 Å². The number of rotatable bonds is 7. The zero-order valence-electron chi connectivity index (χ0n) is 17.4. The third-order valence-electron chi connectivity index (χ3n) is 5.22. The number of fused-ring (bicyclic) bond motifs is 1. The number of thiophene rings is 1. The highest BCUT2D eigenvalue weighted by Gasteiger charge is 2.25. The average Bonchev–Trinajstić information content (AvgIpc) is 3.44. The maximum Gasteiger partial charge on any atom is 0.255 e. The minimum absolute atomic E-state index is 0.0632. The summed E-state index contributed by atoms with van der Waals surface area (Å²) < 4.78 is 15.7. The van der Waals surface area contributed by atoms with Crippen LogP contribution in [0.1, 0.15) is 45.0 Å². The maximum absolute atomic E-state index is 13.1. The number of methoxy groups -OCH3 is 2. The second-order valence-corrected chi connectivity index (χ2v) is 8.27. The van der Waals surface area contributed by atoms with Gasteiger partial charge in [0.25, 0.3) is 5.91 Å². The molecule has 4 rings (SSSR count). The van der Waals surface area contributed by atoms with Crippen molar-refractivity contribution in [1.29, 1.82) is 0 Å². The first-order chi connectivity index (χ1) is 15.1. The molecule has 8 heteroatoms. The number of benzene rings is 1. The molecule has 0 spiro atoms. The van der Waals surface area contributed by atoms with Gasteiger partial charge in [0.2, 0.25) is 5.75 Å². The maximum atomic E-state index is 13.1. The van der Waals surface area contributed by atoms with Crippen molar-refractivity contribution in [1.82, 2.24) is 5.32 Å². The standard InChI is InChI=1S/C23H24N2O5S/c1-28-17-10-14(11-18(29-2)21(17)26)12-25-23-20(16-7-3-4-8-19(16)31-23)22(27)24-13-15-6-5-9-30-15/h5-6,9-12,26H,3-4,7-8,13H2,1-2H3,(H,24,27). The van der Waals surface area contributed by atoms with Gasteiger partial charge in [-0.1, -0.05) is 0 Å². The summed E-state index contributed by atoms with van der Waals surface area (Å²) in [4.78, 5) is 18.9. The number of hydrogen-bond acceptors (Lipinski definition) is 7. The number of phenolic OH excluding ortho intramolecular Hbond substituents is 1. The van der Waals surface area contributed by atoms with E-state index in [0.717, 1.165) is 31.2 Å². The Morgan fingerprint density at radius 2 is 2.00 bits per heavy atom. The molecule has 0 bridgehead atoms. The van der Waals surface area contributed by atoms with Crippen LogP contribution < -0.4 is 14.8 Å². The molecule has 0 radical (unpaired) electrons. The summed E-state index contributed by atoms with van der Waals surface area (Å²) in [6.45, 7) is 0.325. The van der Waals surface area contributed by atoms with Gasteiger partial charge in [-0.25, -0.2) is 4.99 Å². The Hall–Kier alpha value is -3.26. The van der Waals surface area contributed by atoms with Crippen LogP contribution in [-0.2, 0) is 19.4 Å². The van der Waals surface area contributed by atoms with Crippen LogP contribution >= 0.6 is 11.3 Å². The van der Waals surface area contributed by atoms with E-state index in [2.05, 4.69) is 10.3 Å². The van der Waals surface area contributed by atoms with Crippen LogP contribution in [0.5, 0.6) is 17.2 Å². The summed E-state index contributed by atoms with van der Waals surface area (Å²) in [6.07, 6.45) is 7.28. The third kappa shape index (κ3) is 4.44. The predicted octanol–water partition coefficient (Wildman–Crippen LogP) is 4.62. The summed E-state index contributed by atoms with van der Waals surface area (Å²) in [5, 5.41) is 13.7. The number of furan rings is 1. The largest absolute Gasteiger partial charge is 0.502 e. The van der Waals surface area contributed by atoms with Crippen molar-refractivity contribution < 1.29 is 23.8 Å². The fourth-order valence-corrected chi connectivity index (χ4v) is 4.90. The Morgan fingerprint density at radius 3 is 2.68 bits per heavy atom. The lowest BCUT2D eigenvalue weighted by Gasteiger charge is -2.12. The van der Waals surface area contributed by atoms with Crippen molar-refractivity contribution in [3.63, 3.8) is 0 Å². The molecule has 0 saturated heterocycles. The SMILES string of the molecule is COc1cc(C=Nc2sc3c(c2C(=O)NCc2ccco2)CCCC3)cc(OC)c1O. The van der Waals surface area contributed by atoms with E-state index in [9.17, 15) is 9.90 Å². The summed E-state index contributed by atoms with van der Waals surface area (Å²) in [7, 11) is 2.95. The van der Waals surface area contributed by atoms with Gasteiger partial charge in [0.05, 0.1) is 32.6 Å². The molecule has 3 aromatic rings. The number of nitrogens with one attached hydrogen (secondary N) is 1. The van der Waals surface area contributed by atoms with E-state index in [-0.39, 0.29) is 11.7 Å². The number of aromatic hydroxyl groups is 1. The summed E-state index contributed by atoms with van der Waals surface area (Å²) in [5.41, 5.74) is 2.43. The van der Waals surface area contributed by atoms with Gasteiger partial charge in [-0.15, -0.1) is 11.3 Å². The van der Waals surface area contributed by atoms with Crippen LogP contribution in [0.15, 0.2) is 39.9 Å². The van der Waals surface area contributed by atoms with Gasteiger partial charge in [-0.3, -0.25) is 4.79 Å². The first-order valence-electron chi connectivity index (χ1n) is 10.0. The van der Waals surface area contributed by atoms with Gasteiger partial charge >= 0.3 is 0 Å². The number of aliphatic imine (C=N–C) groups is 1. The highest BCUT2D eigenvalue weighted by atomic mass is 32.1. The first-order valence-corrected chi connectivity index (χ1v) is 10.9. The van der Waals surface area contributed by atoms with E-state index < -0.39 is 0 Å². The molecule has 0 aliphatic heterocycles. The molecule has 31 heavy (non-hydrogen) atoms. The fourth-order valence-electron chi connectivity index (χ4n) is 3.67. The molecular weight excluding hydrogens is 416 g/mol. The second kappa shape index (κ2) is 9.26. The lowest BCUT2D eigenvalue weighted by atomic mass is 9.95. The van der Waals surface area contributed by atoms with E-state index in [1.165, 1.54) is 19.1 Å². The van der Waals surface area contributed by atoms with Gasteiger partial charge in [0.15, 0.2) is 11.5 Å². The normalized spacial score (nSPS) is 13.2. The first kappa shape index (κ1) is 21.0. The fraction of sp³-hybridized carbons (Fsp3) is 0.304. The molecular formula is C23H24N2O5S. The number of aryl methyl sites for hydroxylation is 1. The van der Waals surface area contributed by atoms with Crippen LogP contribution in [0, 0.1) is 0 Å². The lowest BCUT2D eigenvalue weighted by molar-refractivity contribution is 0.0948. The minimum atomic E-state index is -0.149.